The van der Waals surface area contributed by atoms with Crippen LogP contribution < -0.4 is 0 Å². The predicted octanol–water partition coefficient (Wildman–Crippen LogP) is 5.01. The quantitative estimate of drug-likeness (QED) is 0.798. The zero-order valence-electron chi connectivity index (χ0n) is 14.5. The average Bonchev–Trinajstić information content (AvgIpc) is 2.71. The topological polar surface area (TPSA) is 38.7 Å². The zero-order chi connectivity index (χ0) is 17.4. The normalized spacial score (nSPS) is 21.2. The summed E-state index contributed by atoms with van der Waals surface area (Å²) in [6.45, 7) is 8.30. The first-order valence-electron chi connectivity index (χ1n) is 8.42. The highest BCUT2D eigenvalue weighted by atomic mass is 16.5. The first-order valence-corrected chi connectivity index (χ1v) is 8.42. The van der Waals surface area contributed by atoms with Crippen LogP contribution in [0, 0.1) is 0 Å². The fourth-order valence-corrected chi connectivity index (χ4v) is 2.47. The highest BCUT2D eigenvalue weighted by Crippen LogP contribution is 2.29. The van der Waals surface area contributed by atoms with Gasteiger partial charge in [-0.05, 0) is 49.1 Å². The lowest BCUT2D eigenvalue weighted by Gasteiger charge is -2.28. The lowest BCUT2D eigenvalue weighted by atomic mass is 9.94. The molecule has 128 valence electrons. The summed E-state index contributed by atoms with van der Waals surface area (Å²) in [7, 11) is 0. The van der Waals surface area contributed by atoms with Crippen LogP contribution in [-0.4, -0.2) is 10.7 Å². The molecule has 0 aromatic heterocycles. The lowest BCUT2D eigenvalue weighted by Crippen LogP contribution is -2.30. The molecular weight excluding hydrogens is 300 g/mol. The van der Waals surface area contributed by atoms with Gasteiger partial charge >= 0.3 is 0 Å². The van der Waals surface area contributed by atoms with Crippen molar-refractivity contribution in [1.82, 2.24) is 0 Å². The molecule has 1 N–H and O–H groups in total. The van der Waals surface area contributed by atoms with Crippen LogP contribution in [-0.2, 0) is 16.1 Å². The van der Waals surface area contributed by atoms with Crippen LogP contribution in [0.2, 0.25) is 0 Å². The molecule has 1 aromatic carbocycles. The second kappa shape index (κ2) is 8.55. The third-order valence-corrected chi connectivity index (χ3v) is 4.17. The van der Waals surface area contributed by atoms with E-state index in [0.717, 1.165) is 11.3 Å². The molecule has 1 aliphatic rings. The molecule has 1 heterocycles. The van der Waals surface area contributed by atoms with E-state index in [1.807, 2.05) is 62.4 Å². The number of aliphatic hydroxyl groups is 1. The molecule has 0 aliphatic carbocycles. The van der Waals surface area contributed by atoms with Gasteiger partial charge in [-0.25, -0.2) is 0 Å². The highest BCUT2D eigenvalue weighted by Gasteiger charge is 2.29. The molecule has 0 unspecified atom stereocenters. The molecule has 1 aliphatic heterocycles. The van der Waals surface area contributed by atoms with E-state index in [0.29, 0.717) is 37.4 Å². The van der Waals surface area contributed by atoms with Crippen molar-refractivity contribution in [3.8, 4) is 0 Å². The summed E-state index contributed by atoms with van der Waals surface area (Å²) < 4.78 is 11.6. The molecule has 1 aromatic rings. The number of hydrogen-bond acceptors (Lipinski definition) is 3. The van der Waals surface area contributed by atoms with E-state index < -0.39 is 5.60 Å². The second-order valence-electron chi connectivity index (χ2n) is 5.83. The first kappa shape index (κ1) is 18.1. The third-order valence-electron chi connectivity index (χ3n) is 4.17. The largest absolute Gasteiger partial charge is 0.489 e. The highest BCUT2D eigenvalue weighted by molar-refractivity contribution is 5.26. The van der Waals surface area contributed by atoms with Crippen molar-refractivity contribution in [2.24, 2.45) is 0 Å². The summed E-state index contributed by atoms with van der Waals surface area (Å²) in [4.78, 5) is 0. The zero-order valence-corrected chi connectivity index (χ0v) is 14.5. The first-order chi connectivity index (χ1) is 11.6. The van der Waals surface area contributed by atoms with E-state index in [-0.39, 0.29) is 0 Å². The van der Waals surface area contributed by atoms with Gasteiger partial charge in [-0.15, -0.1) is 0 Å². The maximum absolute atomic E-state index is 10.7. The Bertz CT molecular complexity index is 634. The van der Waals surface area contributed by atoms with Gasteiger partial charge in [-0.3, -0.25) is 0 Å². The fourth-order valence-electron chi connectivity index (χ4n) is 2.47. The van der Waals surface area contributed by atoms with Gasteiger partial charge in [-0.1, -0.05) is 50.8 Å². The van der Waals surface area contributed by atoms with Crippen molar-refractivity contribution >= 4 is 0 Å². The molecule has 0 amide bonds. The minimum absolute atomic E-state index is 0.484. The summed E-state index contributed by atoms with van der Waals surface area (Å²) in [6, 6.07) is 10.0. The van der Waals surface area contributed by atoms with E-state index in [1.54, 1.807) is 6.08 Å². The Balaban J connectivity index is 2.12. The second-order valence-corrected chi connectivity index (χ2v) is 5.83. The standard InChI is InChI=1S/C21H26O3/c1-4-21(22,5-2)20-13-9-12-19(15-14-17(3)24-20)23-16-18-10-7-6-8-11-18/h6-8,10-15,22H,3-5,9,16H2,1-2H3/b15-14-,19-12+,20-13-. The van der Waals surface area contributed by atoms with E-state index in [2.05, 4.69) is 6.58 Å². The SMILES string of the molecule is C=C1/C=C\C(OCc2ccccc2)=C/C/C=C(/C(O)(CC)CC)O1. The van der Waals surface area contributed by atoms with Crippen molar-refractivity contribution in [2.45, 2.75) is 45.3 Å². The Labute approximate surface area is 144 Å². The summed E-state index contributed by atoms with van der Waals surface area (Å²) in [5, 5.41) is 10.7. The van der Waals surface area contributed by atoms with Crippen molar-refractivity contribution < 1.29 is 14.6 Å². The smallest absolute Gasteiger partial charge is 0.132 e. The van der Waals surface area contributed by atoms with Crippen LogP contribution in [0.4, 0.5) is 0 Å². The molecule has 3 nitrogen and oxygen atoms in total. The number of allylic oxidation sites excluding steroid dienone is 4. The van der Waals surface area contributed by atoms with Gasteiger partial charge in [0.25, 0.3) is 0 Å². The van der Waals surface area contributed by atoms with Crippen LogP contribution in [0.25, 0.3) is 0 Å². The molecule has 0 radical (unpaired) electrons. The Morgan fingerprint density at radius 3 is 2.50 bits per heavy atom. The molecular formula is C21H26O3. The number of benzene rings is 1. The van der Waals surface area contributed by atoms with Crippen LogP contribution in [0.5, 0.6) is 0 Å². The minimum Gasteiger partial charge on any atom is -0.489 e. The Morgan fingerprint density at radius 1 is 1.12 bits per heavy atom. The monoisotopic (exact) mass is 326 g/mol. The third kappa shape index (κ3) is 4.87. The van der Waals surface area contributed by atoms with Crippen molar-refractivity contribution in [1.29, 1.82) is 0 Å². The minimum atomic E-state index is -0.958. The maximum atomic E-state index is 10.7. The molecule has 24 heavy (non-hydrogen) atoms. The predicted molar refractivity (Wildman–Crippen MR) is 96.9 cm³/mol. The summed E-state index contributed by atoms with van der Waals surface area (Å²) in [5.41, 5.74) is 0.157. The Morgan fingerprint density at radius 2 is 1.83 bits per heavy atom. The van der Waals surface area contributed by atoms with Crippen LogP contribution in [0.15, 0.2) is 78.5 Å². The van der Waals surface area contributed by atoms with Gasteiger partial charge in [0.05, 0.1) is 0 Å². The number of hydrogen-bond donors (Lipinski definition) is 1. The van der Waals surface area contributed by atoms with Crippen LogP contribution >= 0.6 is 0 Å². The molecule has 0 fully saturated rings. The van der Waals surface area contributed by atoms with Gasteiger partial charge in [0.15, 0.2) is 0 Å². The molecule has 0 bridgehead atoms. The van der Waals surface area contributed by atoms with Gasteiger partial charge in [0.2, 0.25) is 0 Å². The van der Waals surface area contributed by atoms with Gasteiger partial charge in [-0.2, -0.15) is 0 Å². The molecule has 3 heteroatoms. The lowest BCUT2D eigenvalue weighted by molar-refractivity contribution is 0.0205. The van der Waals surface area contributed by atoms with Crippen molar-refractivity contribution in [2.75, 3.05) is 0 Å². The molecule has 0 saturated heterocycles. The molecule has 0 spiro atoms. The van der Waals surface area contributed by atoms with Crippen molar-refractivity contribution in [3.63, 3.8) is 0 Å². The molecule has 0 saturated carbocycles. The number of rotatable bonds is 6. The van der Waals surface area contributed by atoms with Gasteiger partial charge in [0, 0.05) is 0 Å². The fraction of sp³-hybridized carbons (Fsp3) is 0.333. The molecule has 2 rings (SSSR count). The van der Waals surface area contributed by atoms with E-state index in [9.17, 15) is 5.11 Å². The van der Waals surface area contributed by atoms with E-state index in [4.69, 9.17) is 9.47 Å². The maximum Gasteiger partial charge on any atom is 0.132 e. The number of ether oxygens (including phenoxy) is 2. The Hall–Kier alpha value is -2.26. The van der Waals surface area contributed by atoms with Crippen molar-refractivity contribution in [3.05, 3.63) is 84.1 Å². The summed E-state index contributed by atoms with van der Waals surface area (Å²) >= 11 is 0. The Kier molecular flexibility index (Phi) is 6.44. The molecule has 0 atom stereocenters. The van der Waals surface area contributed by atoms with Crippen LogP contribution in [0.1, 0.15) is 38.7 Å². The summed E-state index contributed by atoms with van der Waals surface area (Å²) in [5.74, 6) is 1.80. The van der Waals surface area contributed by atoms with Crippen LogP contribution in [0.3, 0.4) is 0 Å². The van der Waals surface area contributed by atoms with Gasteiger partial charge < -0.3 is 14.6 Å². The van der Waals surface area contributed by atoms with E-state index >= 15 is 0 Å². The van der Waals surface area contributed by atoms with E-state index in [1.165, 1.54) is 0 Å². The average molecular weight is 326 g/mol. The van der Waals surface area contributed by atoms with Gasteiger partial charge in [0.1, 0.15) is 29.5 Å². The summed E-state index contributed by atoms with van der Waals surface area (Å²) in [6.07, 6.45) is 9.30.